The van der Waals surface area contributed by atoms with Crippen LogP contribution in [0.3, 0.4) is 0 Å². The van der Waals surface area contributed by atoms with Gasteiger partial charge in [0.2, 0.25) is 11.8 Å². The fourth-order valence-electron chi connectivity index (χ4n) is 4.62. The maximum atomic E-state index is 13.3. The minimum absolute atomic E-state index is 0.0284. The lowest BCUT2D eigenvalue weighted by atomic mass is 9.94. The van der Waals surface area contributed by atoms with Gasteiger partial charge in [0.1, 0.15) is 6.61 Å². The van der Waals surface area contributed by atoms with E-state index in [4.69, 9.17) is 4.74 Å². The summed E-state index contributed by atoms with van der Waals surface area (Å²) in [7, 11) is 0. The topological polar surface area (TPSA) is 95.9 Å². The van der Waals surface area contributed by atoms with Crippen LogP contribution >= 0.6 is 0 Å². The summed E-state index contributed by atoms with van der Waals surface area (Å²) in [6, 6.07) is 9.35. The third kappa shape index (κ3) is 9.61. The van der Waals surface area contributed by atoms with Crippen molar-refractivity contribution in [2.45, 2.75) is 70.4 Å². The minimum Gasteiger partial charge on any atom is -0.463 e. The zero-order valence-electron chi connectivity index (χ0n) is 21.6. The van der Waals surface area contributed by atoms with E-state index in [0.29, 0.717) is 19.4 Å². The number of esters is 1. The summed E-state index contributed by atoms with van der Waals surface area (Å²) in [4.78, 5) is 40.5. The van der Waals surface area contributed by atoms with Crippen LogP contribution in [0.1, 0.15) is 57.4 Å². The molecule has 7 nitrogen and oxygen atoms in total. The van der Waals surface area contributed by atoms with Gasteiger partial charge in [-0.05, 0) is 57.4 Å². The van der Waals surface area contributed by atoms with Gasteiger partial charge in [0.05, 0.1) is 24.5 Å². The number of carbonyl (C=O) groups is 3. The number of unbranched alkanes of at least 4 members (excludes halogenated alkanes) is 1. The molecule has 1 aliphatic rings. The molecule has 0 aliphatic carbocycles. The number of aliphatic hydroxyl groups excluding tert-OH is 1. The third-order valence-electron chi connectivity index (χ3n) is 6.61. The van der Waals surface area contributed by atoms with Crippen LogP contribution in [0, 0.1) is 11.8 Å². The number of nitrogens with zero attached hydrogens (tertiary/aromatic N) is 1. The van der Waals surface area contributed by atoms with E-state index in [1.165, 1.54) is 0 Å². The van der Waals surface area contributed by atoms with Crippen LogP contribution in [0.25, 0.3) is 0 Å². The van der Waals surface area contributed by atoms with Crippen LogP contribution < -0.4 is 5.32 Å². The molecule has 4 unspecified atom stereocenters. The van der Waals surface area contributed by atoms with Gasteiger partial charge in [-0.2, -0.15) is 0 Å². The first-order valence-electron chi connectivity index (χ1n) is 13.0. The van der Waals surface area contributed by atoms with E-state index in [2.05, 4.69) is 18.5 Å². The van der Waals surface area contributed by atoms with Crippen molar-refractivity contribution in [2.75, 3.05) is 19.8 Å². The van der Waals surface area contributed by atoms with Crippen LogP contribution in [0.4, 0.5) is 0 Å². The number of rotatable bonds is 16. The predicted molar refractivity (Wildman–Crippen MR) is 141 cm³/mol. The molecule has 7 heteroatoms. The minimum atomic E-state index is -0.533. The number of likely N-dealkylation sites (tertiary alicyclic amines) is 1. The van der Waals surface area contributed by atoms with Crippen molar-refractivity contribution in [3.8, 4) is 0 Å². The molecular weight excluding hydrogens is 456 g/mol. The van der Waals surface area contributed by atoms with Crippen molar-refractivity contribution in [3.05, 3.63) is 61.2 Å². The molecule has 36 heavy (non-hydrogen) atoms. The van der Waals surface area contributed by atoms with Crippen LogP contribution in [-0.2, 0) is 25.5 Å². The Hall–Kier alpha value is -2.93. The van der Waals surface area contributed by atoms with Gasteiger partial charge in [0.25, 0.3) is 0 Å². The zero-order valence-corrected chi connectivity index (χ0v) is 21.6. The highest BCUT2D eigenvalue weighted by molar-refractivity contribution is 5.86. The van der Waals surface area contributed by atoms with Crippen molar-refractivity contribution < 1.29 is 24.2 Å². The number of hydrogen-bond acceptors (Lipinski definition) is 5. The number of nitrogens with one attached hydrogen (secondary N) is 1. The van der Waals surface area contributed by atoms with E-state index >= 15 is 0 Å². The van der Waals surface area contributed by atoms with E-state index < -0.39 is 5.92 Å². The van der Waals surface area contributed by atoms with Crippen molar-refractivity contribution >= 4 is 17.8 Å². The molecular formula is C29H42N2O5. The van der Waals surface area contributed by atoms with Crippen LogP contribution in [0.5, 0.6) is 0 Å². The first-order chi connectivity index (χ1) is 17.4. The van der Waals surface area contributed by atoms with Gasteiger partial charge in [0.15, 0.2) is 0 Å². The Morgan fingerprint density at radius 1 is 1.19 bits per heavy atom. The van der Waals surface area contributed by atoms with Gasteiger partial charge in [-0.25, -0.2) is 0 Å². The Kier molecular flexibility index (Phi) is 13.0. The molecule has 4 atom stereocenters. The average molecular weight is 499 g/mol. The van der Waals surface area contributed by atoms with E-state index in [0.717, 1.165) is 37.7 Å². The lowest BCUT2D eigenvalue weighted by Crippen LogP contribution is -2.44. The summed E-state index contributed by atoms with van der Waals surface area (Å²) in [5.74, 6) is -1.41. The van der Waals surface area contributed by atoms with Gasteiger partial charge in [0, 0.05) is 19.0 Å². The highest BCUT2D eigenvalue weighted by Gasteiger charge is 2.35. The Morgan fingerprint density at radius 2 is 1.94 bits per heavy atom. The maximum Gasteiger partial charge on any atom is 0.309 e. The summed E-state index contributed by atoms with van der Waals surface area (Å²) in [5, 5.41) is 11.9. The fourth-order valence-corrected chi connectivity index (χ4v) is 4.62. The predicted octanol–water partition coefficient (Wildman–Crippen LogP) is 3.82. The Balaban J connectivity index is 1.99. The SMILES string of the molecule is C=CCCCC(Cc1ccccc1)C(=O)OCC1CCCN1C(=O)C(CC=C)CC(=O)NC(C)CO. The van der Waals surface area contributed by atoms with Gasteiger partial charge in [-0.1, -0.05) is 42.5 Å². The molecule has 0 aromatic heterocycles. The number of aliphatic hydroxyl groups is 1. The number of amides is 2. The summed E-state index contributed by atoms with van der Waals surface area (Å²) in [5.41, 5.74) is 1.09. The van der Waals surface area contributed by atoms with E-state index in [1.54, 1.807) is 17.9 Å². The molecule has 0 saturated carbocycles. The number of ether oxygens (including phenoxy) is 1. The van der Waals surface area contributed by atoms with Crippen LogP contribution in [-0.4, -0.2) is 59.6 Å². The monoisotopic (exact) mass is 498 g/mol. The van der Waals surface area contributed by atoms with E-state index in [-0.39, 0.29) is 55.4 Å². The standard InChI is InChI=1S/C29H42N2O5/c1-4-6-8-15-25(18-23-13-9-7-10-14-23)29(35)36-21-26-16-11-17-31(26)28(34)24(12-5-2)19-27(33)30-22(3)20-32/h4-5,7,9-10,13-14,22,24-26,32H,1-2,6,8,11-12,15-21H2,3H3,(H,30,33). The molecule has 2 rings (SSSR count). The summed E-state index contributed by atoms with van der Waals surface area (Å²) >= 11 is 0. The maximum absolute atomic E-state index is 13.3. The summed E-state index contributed by atoms with van der Waals surface area (Å²) < 4.78 is 5.77. The average Bonchev–Trinajstić information content (AvgIpc) is 3.35. The Morgan fingerprint density at radius 3 is 2.61 bits per heavy atom. The molecule has 1 heterocycles. The smallest absolute Gasteiger partial charge is 0.309 e. The molecule has 198 valence electrons. The number of carbonyl (C=O) groups excluding carboxylic acids is 3. The largest absolute Gasteiger partial charge is 0.463 e. The molecule has 2 N–H and O–H groups in total. The highest BCUT2D eigenvalue weighted by atomic mass is 16.5. The number of hydrogen-bond donors (Lipinski definition) is 2. The van der Waals surface area contributed by atoms with Crippen LogP contribution in [0.15, 0.2) is 55.6 Å². The second-order valence-electron chi connectivity index (χ2n) is 9.64. The summed E-state index contributed by atoms with van der Waals surface area (Å²) in [6.07, 6.45) is 8.55. The van der Waals surface area contributed by atoms with E-state index in [1.807, 2.05) is 36.4 Å². The lowest BCUT2D eigenvalue weighted by molar-refractivity contribution is -0.152. The second-order valence-corrected chi connectivity index (χ2v) is 9.64. The molecule has 1 saturated heterocycles. The molecule has 1 aromatic rings. The fraction of sp³-hybridized carbons (Fsp3) is 0.552. The Bertz CT molecular complexity index is 856. The Labute approximate surface area is 215 Å². The van der Waals surface area contributed by atoms with Crippen molar-refractivity contribution in [1.82, 2.24) is 10.2 Å². The van der Waals surface area contributed by atoms with Crippen molar-refractivity contribution in [3.63, 3.8) is 0 Å². The normalized spacial score (nSPS) is 17.6. The molecule has 0 radical (unpaired) electrons. The number of allylic oxidation sites excluding steroid dienone is 2. The van der Waals surface area contributed by atoms with Crippen molar-refractivity contribution in [2.24, 2.45) is 11.8 Å². The van der Waals surface area contributed by atoms with Gasteiger partial charge >= 0.3 is 5.97 Å². The van der Waals surface area contributed by atoms with Crippen LogP contribution in [0.2, 0.25) is 0 Å². The van der Waals surface area contributed by atoms with Gasteiger partial charge in [-0.15, -0.1) is 13.2 Å². The third-order valence-corrected chi connectivity index (χ3v) is 6.61. The molecule has 0 bridgehead atoms. The second kappa shape index (κ2) is 15.9. The molecule has 1 aromatic carbocycles. The molecule has 2 amide bonds. The van der Waals surface area contributed by atoms with Gasteiger partial charge < -0.3 is 20.1 Å². The highest BCUT2D eigenvalue weighted by Crippen LogP contribution is 2.24. The van der Waals surface area contributed by atoms with Gasteiger partial charge in [-0.3, -0.25) is 14.4 Å². The quantitative estimate of drug-likeness (QED) is 0.205. The molecule has 1 fully saturated rings. The lowest BCUT2D eigenvalue weighted by Gasteiger charge is -2.29. The first-order valence-corrected chi connectivity index (χ1v) is 13.0. The summed E-state index contributed by atoms with van der Waals surface area (Å²) in [6.45, 7) is 9.79. The zero-order chi connectivity index (χ0) is 26.3. The first kappa shape index (κ1) is 29.3. The molecule has 1 aliphatic heterocycles. The number of benzene rings is 1. The molecule has 0 spiro atoms. The van der Waals surface area contributed by atoms with Crippen molar-refractivity contribution in [1.29, 1.82) is 0 Å². The van der Waals surface area contributed by atoms with E-state index in [9.17, 15) is 19.5 Å².